The molecule has 182 valence electrons. The number of nitro groups is 1. The molecule has 2 amide bonds. The first-order valence-electron chi connectivity index (χ1n) is 11.5. The number of amides is 2. The lowest BCUT2D eigenvalue weighted by atomic mass is 10.1. The van der Waals surface area contributed by atoms with E-state index in [1.54, 1.807) is 4.90 Å². The predicted octanol–water partition coefficient (Wildman–Crippen LogP) is 3.85. The molecule has 1 saturated carbocycles. The minimum atomic E-state index is -0.636. The number of rotatable bonds is 11. The summed E-state index contributed by atoms with van der Waals surface area (Å²) in [6.45, 7) is 1.83. The fraction of sp³-hybridized carbons (Fsp3) is 0.440. The van der Waals surface area contributed by atoms with Crippen LogP contribution in [0.15, 0.2) is 48.5 Å². The fourth-order valence-corrected chi connectivity index (χ4v) is 4.19. The van der Waals surface area contributed by atoms with E-state index in [9.17, 15) is 19.7 Å². The van der Waals surface area contributed by atoms with Gasteiger partial charge in [-0.05, 0) is 30.9 Å². The number of hydrogen-bond acceptors (Lipinski definition) is 6. The van der Waals surface area contributed by atoms with Crippen LogP contribution in [0.3, 0.4) is 0 Å². The Morgan fingerprint density at radius 3 is 2.50 bits per heavy atom. The van der Waals surface area contributed by atoms with Gasteiger partial charge in [0.25, 0.3) is 5.91 Å². The summed E-state index contributed by atoms with van der Waals surface area (Å²) < 4.78 is 10.7. The lowest BCUT2D eigenvalue weighted by molar-refractivity contribution is -0.385. The number of carbonyl (C=O) groups excluding carboxylic acids is 2. The molecular weight excluding hydrogens is 438 g/mol. The number of ether oxygens (including phenoxy) is 2. The van der Waals surface area contributed by atoms with Gasteiger partial charge < -0.3 is 19.7 Å². The molecule has 3 rings (SSSR count). The minimum absolute atomic E-state index is 0.0402. The van der Waals surface area contributed by atoms with Crippen LogP contribution in [0, 0.1) is 10.1 Å². The SMILES string of the molecule is CC[C@@H](C(=O)NC1CCCC1)N(Cc1ccccc1)C(=O)COc1ccc([N+](=O)[O-])c(OC)c1. The quantitative estimate of drug-likeness (QED) is 0.395. The first-order chi connectivity index (χ1) is 16.4. The Bertz CT molecular complexity index is 991. The van der Waals surface area contributed by atoms with Crippen LogP contribution in [-0.4, -0.2) is 47.4 Å². The third-order valence-electron chi connectivity index (χ3n) is 5.99. The lowest BCUT2D eigenvalue weighted by Gasteiger charge is -2.31. The van der Waals surface area contributed by atoms with Crippen molar-refractivity contribution in [2.75, 3.05) is 13.7 Å². The van der Waals surface area contributed by atoms with E-state index in [0.717, 1.165) is 31.2 Å². The minimum Gasteiger partial charge on any atom is -0.490 e. The molecule has 2 aromatic rings. The van der Waals surface area contributed by atoms with Crippen LogP contribution in [0.1, 0.15) is 44.6 Å². The molecule has 1 fully saturated rings. The Hall–Kier alpha value is -3.62. The third-order valence-corrected chi connectivity index (χ3v) is 5.99. The van der Waals surface area contributed by atoms with E-state index in [4.69, 9.17) is 9.47 Å². The molecule has 34 heavy (non-hydrogen) atoms. The summed E-state index contributed by atoms with van der Waals surface area (Å²) in [6.07, 6.45) is 4.57. The Morgan fingerprint density at radius 2 is 1.88 bits per heavy atom. The van der Waals surface area contributed by atoms with E-state index in [-0.39, 0.29) is 48.2 Å². The first kappa shape index (κ1) is 25.0. The van der Waals surface area contributed by atoms with Gasteiger partial charge in [-0.1, -0.05) is 50.1 Å². The van der Waals surface area contributed by atoms with Crippen molar-refractivity contribution in [1.29, 1.82) is 0 Å². The van der Waals surface area contributed by atoms with Gasteiger partial charge in [0.2, 0.25) is 11.7 Å². The van der Waals surface area contributed by atoms with Crippen molar-refractivity contribution < 1.29 is 24.0 Å². The number of carbonyl (C=O) groups is 2. The highest BCUT2D eigenvalue weighted by Gasteiger charge is 2.31. The van der Waals surface area contributed by atoms with Crippen LogP contribution in [0.2, 0.25) is 0 Å². The van der Waals surface area contributed by atoms with Crippen molar-refractivity contribution in [3.05, 3.63) is 64.2 Å². The van der Waals surface area contributed by atoms with Crippen LogP contribution < -0.4 is 14.8 Å². The maximum absolute atomic E-state index is 13.3. The van der Waals surface area contributed by atoms with Crippen LogP contribution in [0.4, 0.5) is 5.69 Å². The summed E-state index contributed by atoms with van der Waals surface area (Å²) in [4.78, 5) is 38.5. The van der Waals surface area contributed by atoms with E-state index >= 15 is 0 Å². The highest BCUT2D eigenvalue weighted by molar-refractivity contribution is 5.88. The van der Waals surface area contributed by atoms with Gasteiger partial charge in [0.05, 0.1) is 12.0 Å². The normalized spacial score (nSPS) is 14.3. The Balaban J connectivity index is 1.75. The molecule has 0 unspecified atom stereocenters. The van der Waals surface area contributed by atoms with E-state index in [0.29, 0.717) is 6.42 Å². The van der Waals surface area contributed by atoms with Crippen LogP contribution in [0.5, 0.6) is 11.5 Å². The molecule has 1 atom stereocenters. The predicted molar refractivity (Wildman–Crippen MR) is 127 cm³/mol. The molecule has 9 heteroatoms. The molecule has 1 N–H and O–H groups in total. The Labute approximate surface area is 199 Å². The molecule has 9 nitrogen and oxygen atoms in total. The van der Waals surface area contributed by atoms with Gasteiger partial charge in [-0.3, -0.25) is 19.7 Å². The summed E-state index contributed by atoms with van der Waals surface area (Å²) in [5.74, 6) is -0.206. The topological polar surface area (TPSA) is 111 Å². The monoisotopic (exact) mass is 469 g/mol. The van der Waals surface area contributed by atoms with Crippen LogP contribution >= 0.6 is 0 Å². The molecule has 0 radical (unpaired) electrons. The molecule has 0 aromatic heterocycles. The highest BCUT2D eigenvalue weighted by Crippen LogP contribution is 2.30. The fourth-order valence-electron chi connectivity index (χ4n) is 4.19. The molecule has 1 aliphatic rings. The molecule has 0 spiro atoms. The number of nitro benzene ring substituents is 1. The van der Waals surface area contributed by atoms with Crippen molar-refractivity contribution >= 4 is 17.5 Å². The van der Waals surface area contributed by atoms with E-state index < -0.39 is 11.0 Å². The third kappa shape index (κ3) is 6.46. The number of hydrogen-bond donors (Lipinski definition) is 1. The van der Waals surface area contributed by atoms with Crippen molar-refractivity contribution in [3.8, 4) is 11.5 Å². The molecule has 0 saturated heterocycles. The summed E-state index contributed by atoms with van der Waals surface area (Å²) in [5.41, 5.74) is 0.710. The number of nitrogens with zero attached hydrogens (tertiary/aromatic N) is 2. The van der Waals surface area contributed by atoms with Gasteiger partial charge in [-0.25, -0.2) is 0 Å². The van der Waals surface area contributed by atoms with Crippen molar-refractivity contribution in [3.63, 3.8) is 0 Å². The second-order valence-electron chi connectivity index (χ2n) is 8.30. The van der Waals surface area contributed by atoms with E-state index in [1.807, 2.05) is 37.3 Å². The van der Waals surface area contributed by atoms with E-state index in [2.05, 4.69) is 5.32 Å². The van der Waals surface area contributed by atoms with Crippen molar-refractivity contribution in [1.82, 2.24) is 10.2 Å². The lowest BCUT2D eigenvalue weighted by Crippen LogP contribution is -2.52. The molecule has 0 bridgehead atoms. The number of methoxy groups -OCH3 is 1. The van der Waals surface area contributed by atoms with Gasteiger partial charge in [0.1, 0.15) is 11.8 Å². The van der Waals surface area contributed by atoms with Crippen molar-refractivity contribution in [2.24, 2.45) is 0 Å². The van der Waals surface area contributed by atoms with Gasteiger partial charge in [0.15, 0.2) is 6.61 Å². The molecule has 0 heterocycles. The summed E-state index contributed by atoms with van der Waals surface area (Å²) in [5, 5.41) is 14.2. The summed E-state index contributed by atoms with van der Waals surface area (Å²) in [7, 11) is 1.33. The second-order valence-corrected chi connectivity index (χ2v) is 8.30. The number of nitrogens with one attached hydrogen (secondary N) is 1. The second kappa shape index (κ2) is 12.0. The Morgan fingerprint density at radius 1 is 1.18 bits per heavy atom. The van der Waals surface area contributed by atoms with Crippen LogP contribution in [0.25, 0.3) is 0 Å². The Kier molecular flexibility index (Phi) is 8.84. The van der Waals surface area contributed by atoms with Gasteiger partial charge in [-0.15, -0.1) is 0 Å². The average molecular weight is 470 g/mol. The zero-order valence-electron chi connectivity index (χ0n) is 19.6. The summed E-state index contributed by atoms with van der Waals surface area (Å²) >= 11 is 0. The molecule has 1 aliphatic carbocycles. The van der Waals surface area contributed by atoms with Crippen LogP contribution in [-0.2, 0) is 16.1 Å². The number of benzene rings is 2. The molecular formula is C25H31N3O6. The standard InChI is InChI=1S/C25H31N3O6/c1-3-21(25(30)26-19-11-7-8-12-19)27(16-18-9-5-4-6-10-18)24(29)17-34-20-13-14-22(28(31)32)23(15-20)33-2/h4-6,9-10,13-15,19,21H,3,7-8,11-12,16-17H2,1-2H3,(H,26,30)/t21-/m0/s1. The van der Waals surface area contributed by atoms with Gasteiger partial charge >= 0.3 is 5.69 Å². The summed E-state index contributed by atoms with van der Waals surface area (Å²) in [6, 6.07) is 13.1. The highest BCUT2D eigenvalue weighted by atomic mass is 16.6. The van der Waals surface area contributed by atoms with Gasteiger partial charge in [-0.2, -0.15) is 0 Å². The zero-order chi connectivity index (χ0) is 24.5. The maximum atomic E-state index is 13.3. The average Bonchev–Trinajstić information content (AvgIpc) is 3.35. The van der Waals surface area contributed by atoms with Crippen molar-refractivity contribution in [2.45, 2.75) is 57.7 Å². The largest absolute Gasteiger partial charge is 0.490 e. The smallest absolute Gasteiger partial charge is 0.311 e. The zero-order valence-corrected chi connectivity index (χ0v) is 19.6. The van der Waals surface area contributed by atoms with E-state index in [1.165, 1.54) is 25.3 Å². The van der Waals surface area contributed by atoms with Gasteiger partial charge in [0, 0.05) is 24.7 Å². The molecule has 0 aliphatic heterocycles. The molecule has 2 aromatic carbocycles. The maximum Gasteiger partial charge on any atom is 0.311 e. The first-order valence-corrected chi connectivity index (χ1v) is 11.5.